The summed E-state index contributed by atoms with van der Waals surface area (Å²) in [4.78, 5) is 34.6. The first-order chi connectivity index (χ1) is 16.7. The molecule has 5 N–H and O–H groups in total. The summed E-state index contributed by atoms with van der Waals surface area (Å²) in [5.74, 6) is -0.284. The lowest BCUT2D eigenvalue weighted by Gasteiger charge is -2.32. The monoisotopic (exact) mass is 484 g/mol. The summed E-state index contributed by atoms with van der Waals surface area (Å²) >= 11 is 0. The molecule has 2 amide bonds. The molecule has 0 aliphatic carbocycles. The molecule has 5 heterocycles. The van der Waals surface area contributed by atoms with Gasteiger partial charge in [-0.15, -0.1) is 0 Å². The van der Waals surface area contributed by atoms with Crippen LogP contribution in [-0.4, -0.2) is 88.7 Å². The summed E-state index contributed by atoms with van der Waals surface area (Å²) < 4.78 is 9.09. The highest BCUT2D eigenvalue weighted by molar-refractivity contribution is 5.99. The Morgan fingerprint density at radius 1 is 1.20 bits per heavy atom. The van der Waals surface area contributed by atoms with Crippen LogP contribution < -0.4 is 11.1 Å². The second-order valence-electron chi connectivity index (χ2n) is 9.00. The van der Waals surface area contributed by atoms with Gasteiger partial charge in [-0.05, 0) is 18.9 Å². The lowest BCUT2D eigenvalue weighted by Crippen LogP contribution is -2.50. The number of carbonyl (C=O) groups is 2. The van der Waals surface area contributed by atoms with Crippen LogP contribution in [0, 0.1) is 0 Å². The largest absolute Gasteiger partial charge is 0.387 e. The van der Waals surface area contributed by atoms with Crippen LogP contribution in [0.15, 0.2) is 24.8 Å². The van der Waals surface area contributed by atoms with Gasteiger partial charge in [0.25, 0.3) is 5.91 Å². The van der Waals surface area contributed by atoms with Crippen molar-refractivity contribution < 1.29 is 24.5 Å². The first-order valence-electron chi connectivity index (χ1n) is 11.4. The third kappa shape index (κ3) is 4.11. The van der Waals surface area contributed by atoms with Gasteiger partial charge in [0.2, 0.25) is 5.91 Å². The number of anilines is 1. The van der Waals surface area contributed by atoms with E-state index in [1.54, 1.807) is 39.7 Å². The molecule has 0 radical (unpaired) electrons. The van der Waals surface area contributed by atoms with Crippen LogP contribution >= 0.6 is 0 Å². The van der Waals surface area contributed by atoms with E-state index in [0.717, 1.165) is 0 Å². The number of hydrogen-bond donors (Lipinski definition) is 4. The molecule has 2 aliphatic heterocycles. The van der Waals surface area contributed by atoms with E-state index in [0.29, 0.717) is 48.2 Å². The van der Waals surface area contributed by atoms with Gasteiger partial charge in [0.1, 0.15) is 30.0 Å². The van der Waals surface area contributed by atoms with Crippen molar-refractivity contribution in [3.8, 4) is 11.3 Å². The standard InChI is InChI=1S/C22H28N8O5/c1-11(31)29-7-3-12(4-8-29)26-21(34)18-16(32)17(33)22(35-18)30-9-13(14-5-6-28(2)27-14)15-19(23)24-10-25-20(15)30/h5-6,9-10,12,16-18,22,32-33H,3-4,7-8H2,1-2H3,(H,26,34)(H2,23,24,25)/t16-,17+,18-,22+/m0/s1. The van der Waals surface area contributed by atoms with Crippen LogP contribution in [0.1, 0.15) is 26.0 Å². The third-order valence-corrected chi connectivity index (χ3v) is 6.69. The molecule has 35 heavy (non-hydrogen) atoms. The zero-order chi connectivity index (χ0) is 24.9. The van der Waals surface area contributed by atoms with Crippen molar-refractivity contribution in [1.82, 2.24) is 34.5 Å². The number of aromatic nitrogens is 5. The van der Waals surface area contributed by atoms with E-state index >= 15 is 0 Å². The molecule has 13 heteroatoms. The van der Waals surface area contributed by atoms with Gasteiger partial charge in [0, 0.05) is 51.1 Å². The van der Waals surface area contributed by atoms with Crippen LogP contribution in [0.2, 0.25) is 0 Å². The Balaban J connectivity index is 1.39. The number of likely N-dealkylation sites (tertiary alicyclic amines) is 1. The molecule has 0 saturated carbocycles. The maximum atomic E-state index is 13.0. The lowest BCUT2D eigenvalue weighted by molar-refractivity contribution is -0.138. The minimum Gasteiger partial charge on any atom is -0.387 e. The van der Waals surface area contributed by atoms with Gasteiger partial charge < -0.3 is 35.5 Å². The van der Waals surface area contributed by atoms with Crippen LogP contribution in [0.3, 0.4) is 0 Å². The van der Waals surface area contributed by atoms with Gasteiger partial charge in [-0.25, -0.2) is 9.97 Å². The van der Waals surface area contributed by atoms with E-state index in [4.69, 9.17) is 10.5 Å². The number of nitrogen functional groups attached to an aromatic ring is 1. The van der Waals surface area contributed by atoms with Crippen molar-refractivity contribution in [2.45, 2.75) is 50.3 Å². The third-order valence-electron chi connectivity index (χ3n) is 6.69. The molecule has 0 unspecified atom stereocenters. The highest BCUT2D eigenvalue weighted by atomic mass is 16.6. The Labute approximate surface area is 200 Å². The number of fused-ring (bicyclic) bond motifs is 1. The van der Waals surface area contributed by atoms with Gasteiger partial charge in [0.15, 0.2) is 12.3 Å². The van der Waals surface area contributed by atoms with Crippen molar-refractivity contribution in [3.05, 3.63) is 24.8 Å². The summed E-state index contributed by atoms with van der Waals surface area (Å²) in [5, 5.41) is 29.3. The first-order valence-corrected chi connectivity index (χ1v) is 11.4. The Hall–Kier alpha value is -3.55. The van der Waals surface area contributed by atoms with Crippen molar-refractivity contribution in [1.29, 1.82) is 0 Å². The van der Waals surface area contributed by atoms with Crippen molar-refractivity contribution >= 4 is 28.7 Å². The smallest absolute Gasteiger partial charge is 0.252 e. The normalized spacial score (nSPS) is 25.3. The average Bonchev–Trinajstić information content (AvgIpc) is 3.51. The van der Waals surface area contributed by atoms with Gasteiger partial charge in [-0.2, -0.15) is 5.10 Å². The molecule has 13 nitrogen and oxygen atoms in total. The van der Waals surface area contributed by atoms with Crippen molar-refractivity contribution in [3.63, 3.8) is 0 Å². The number of carbonyl (C=O) groups excluding carboxylic acids is 2. The van der Waals surface area contributed by atoms with E-state index in [2.05, 4.69) is 20.4 Å². The zero-order valence-corrected chi connectivity index (χ0v) is 19.4. The molecule has 2 saturated heterocycles. The Morgan fingerprint density at radius 2 is 1.94 bits per heavy atom. The summed E-state index contributed by atoms with van der Waals surface area (Å²) in [6.07, 6.45) is 0.746. The highest BCUT2D eigenvalue weighted by Gasteiger charge is 2.48. The minimum absolute atomic E-state index is 0.00348. The molecule has 186 valence electrons. The second-order valence-corrected chi connectivity index (χ2v) is 9.00. The van der Waals surface area contributed by atoms with Gasteiger partial charge in [-0.1, -0.05) is 0 Å². The van der Waals surface area contributed by atoms with Crippen LogP contribution in [0.4, 0.5) is 5.82 Å². The summed E-state index contributed by atoms with van der Waals surface area (Å²) in [6.45, 7) is 2.62. The molecule has 5 rings (SSSR count). The first kappa shape index (κ1) is 23.2. The number of aliphatic hydroxyl groups excluding tert-OH is 2. The van der Waals surface area contributed by atoms with Crippen molar-refractivity contribution in [2.75, 3.05) is 18.8 Å². The number of amides is 2. The van der Waals surface area contributed by atoms with Crippen LogP contribution in [0.5, 0.6) is 0 Å². The zero-order valence-electron chi connectivity index (χ0n) is 19.4. The number of aryl methyl sites for hydroxylation is 1. The predicted molar refractivity (Wildman–Crippen MR) is 123 cm³/mol. The van der Waals surface area contributed by atoms with Crippen molar-refractivity contribution in [2.24, 2.45) is 7.05 Å². The van der Waals surface area contributed by atoms with Gasteiger partial charge >= 0.3 is 0 Å². The molecule has 2 fully saturated rings. The topological polar surface area (TPSA) is 174 Å². The van der Waals surface area contributed by atoms with E-state index in [1.165, 1.54) is 13.3 Å². The molecule has 2 aliphatic rings. The molecule has 0 aromatic carbocycles. The average molecular weight is 485 g/mol. The lowest BCUT2D eigenvalue weighted by atomic mass is 10.0. The SMILES string of the molecule is CC(=O)N1CCC(NC(=O)[C@H]2O[C@@H](n3cc(-c4ccn(C)n4)c4c(N)ncnc43)[C@H](O)[C@@H]2O)CC1. The molecule has 0 spiro atoms. The fraction of sp³-hybridized carbons (Fsp3) is 0.500. The predicted octanol–water partition coefficient (Wildman–Crippen LogP) is -0.840. The quantitative estimate of drug-likeness (QED) is 0.368. The molecule has 0 bridgehead atoms. The van der Waals surface area contributed by atoms with Crippen LogP contribution in [0.25, 0.3) is 22.3 Å². The van der Waals surface area contributed by atoms with Gasteiger partial charge in [0.05, 0.1) is 11.1 Å². The number of nitrogens with two attached hydrogens (primary N) is 1. The summed E-state index contributed by atoms with van der Waals surface area (Å²) in [5.41, 5.74) is 7.78. The fourth-order valence-corrected chi connectivity index (χ4v) is 4.78. The minimum atomic E-state index is -1.45. The summed E-state index contributed by atoms with van der Waals surface area (Å²) in [6, 6.07) is 1.65. The number of piperidine rings is 1. The number of rotatable bonds is 4. The number of hydrogen-bond acceptors (Lipinski definition) is 9. The van der Waals surface area contributed by atoms with Crippen LogP contribution in [-0.2, 0) is 21.4 Å². The Kier molecular flexibility index (Phi) is 5.91. The van der Waals surface area contributed by atoms with E-state index in [9.17, 15) is 19.8 Å². The number of ether oxygens (including phenoxy) is 1. The maximum Gasteiger partial charge on any atom is 0.252 e. The molecule has 4 atom stereocenters. The Morgan fingerprint density at radius 3 is 2.60 bits per heavy atom. The van der Waals surface area contributed by atoms with E-state index in [-0.39, 0.29) is 17.8 Å². The number of nitrogens with zero attached hydrogens (tertiary/aromatic N) is 6. The summed E-state index contributed by atoms with van der Waals surface area (Å²) in [7, 11) is 1.79. The maximum absolute atomic E-state index is 13.0. The molecular weight excluding hydrogens is 456 g/mol. The number of nitrogens with one attached hydrogen (secondary N) is 1. The number of aliphatic hydroxyl groups is 2. The van der Waals surface area contributed by atoms with E-state index in [1.807, 2.05) is 0 Å². The molecule has 3 aromatic heterocycles. The van der Waals surface area contributed by atoms with Gasteiger partial charge in [-0.3, -0.25) is 14.3 Å². The van der Waals surface area contributed by atoms with E-state index < -0.39 is 30.4 Å². The molecule has 3 aromatic rings. The highest BCUT2D eigenvalue weighted by Crippen LogP contribution is 2.38. The second kappa shape index (κ2) is 8.91. The fourth-order valence-electron chi connectivity index (χ4n) is 4.78. The Bertz CT molecular complexity index is 1260. The molecular formula is C22H28N8O5.